The van der Waals surface area contributed by atoms with Crippen molar-refractivity contribution in [3.63, 3.8) is 0 Å². The molecular formula is C35H34N4O4. The van der Waals surface area contributed by atoms with E-state index in [1.807, 2.05) is 104 Å². The highest BCUT2D eigenvalue weighted by molar-refractivity contribution is 6.24. The number of nitrogens with one attached hydrogen (secondary N) is 1. The predicted octanol–water partition coefficient (Wildman–Crippen LogP) is 5.81. The number of carbonyl (C=O) groups excluding carboxylic acids is 3. The number of benzene rings is 4. The van der Waals surface area contributed by atoms with Crippen LogP contribution in [0.3, 0.4) is 0 Å². The fourth-order valence-corrected chi connectivity index (χ4v) is 5.07. The van der Waals surface area contributed by atoms with Gasteiger partial charge >= 0.3 is 5.97 Å². The fraction of sp³-hybridized carbons (Fsp3) is 0.200. The van der Waals surface area contributed by atoms with Crippen LogP contribution in [0.5, 0.6) is 0 Å². The Labute approximate surface area is 251 Å². The van der Waals surface area contributed by atoms with Crippen molar-refractivity contribution < 1.29 is 19.1 Å². The number of carbonyl (C=O) groups is 3. The fourth-order valence-electron chi connectivity index (χ4n) is 5.07. The maximum Gasteiger partial charge on any atom is 0.338 e. The van der Waals surface area contributed by atoms with E-state index in [0.717, 1.165) is 22.4 Å². The van der Waals surface area contributed by atoms with Crippen LogP contribution in [0.1, 0.15) is 39.9 Å². The lowest BCUT2D eigenvalue weighted by atomic mass is 9.90. The molecule has 1 aliphatic heterocycles. The number of amides is 2. The number of nitrogens with zero attached hydrogens (tertiary/aromatic N) is 3. The van der Waals surface area contributed by atoms with Crippen LogP contribution < -0.4 is 10.2 Å². The van der Waals surface area contributed by atoms with Crippen LogP contribution in [0, 0.1) is 0 Å². The number of anilines is 2. The van der Waals surface area contributed by atoms with Crippen LogP contribution in [0.2, 0.25) is 0 Å². The van der Waals surface area contributed by atoms with Gasteiger partial charge in [0.15, 0.2) is 0 Å². The summed E-state index contributed by atoms with van der Waals surface area (Å²) >= 11 is 0. The Kier molecular flexibility index (Phi) is 9.08. The molecule has 0 aromatic heterocycles. The summed E-state index contributed by atoms with van der Waals surface area (Å²) < 4.78 is 5.13. The molecule has 0 spiro atoms. The van der Waals surface area contributed by atoms with Gasteiger partial charge in [-0.15, -0.1) is 0 Å². The monoisotopic (exact) mass is 574 g/mol. The van der Waals surface area contributed by atoms with Gasteiger partial charge in [-0.1, -0.05) is 66.7 Å². The largest absolute Gasteiger partial charge is 0.462 e. The van der Waals surface area contributed by atoms with Gasteiger partial charge in [0.2, 0.25) is 11.8 Å². The molecular weight excluding hydrogens is 540 g/mol. The van der Waals surface area contributed by atoms with Gasteiger partial charge in [-0.3, -0.25) is 14.6 Å². The first-order valence-electron chi connectivity index (χ1n) is 14.2. The van der Waals surface area contributed by atoms with Crippen LogP contribution in [0.25, 0.3) is 0 Å². The van der Waals surface area contributed by atoms with E-state index in [1.165, 1.54) is 0 Å². The second kappa shape index (κ2) is 13.3. The average Bonchev–Trinajstić information content (AvgIpc) is 3.34. The van der Waals surface area contributed by atoms with E-state index in [0.29, 0.717) is 29.2 Å². The first kappa shape index (κ1) is 29.4. The van der Waals surface area contributed by atoms with E-state index in [-0.39, 0.29) is 25.0 Å². The topological polar surface area (TPSA) is 91.3 Å². The standard InChI is InChI=1S/C35H34N4O4/c1-4-43-35(42)26-15-20-29-30(21-26)37-34(41)32(29)33(25-13-9-6-10-14-25)36-27-16-18-28(19-17-27)39(31(40)23-38(2)3)22-24-11-7-5-8-12-24/h5-21,32H,4,22-23H2,1-3H3,(H,37,41). The number of aliphatic imine (C=N–C) groups is 1. The number of hydrogen-bond acceptors (Lipinski definition) is 6. The SMILES string of the molecule is CCOC(=O)c1ccc2c(c1)NC(=O)C2C(=Nc1ccc(N(Cc2ccccc2)C(=O)CN(C)C)cc1)c1ccccc1. The van der Waals surface area contributed by atoms with Gasteiger partial charge in [-0.2, -0.15) is 0 Å². The van der Waals surface area contributed by atoms with Crippen molar-refractivity contribution in [1.82, 2.24) is 4.90 Å². The zero-order valence-corrected chi connectivity index (χ0v) is 24.5. The van der Waals surface area contributed by atoms with E-state index in [1.54, 1.807) is 30.0 Å². The van der Waals surface area contributed by atoms with Crippen molar-refractivity contribution in [3.8, 4) is 0 Å². The molecule has 0 fully saturated rings. The molecule has 5 rings (SSSR count). The van der Waals surface area contributed by atoms with Crippen LogP contribution in [0.4, 0.5) is 17.1 Å². The highest BCUT2D eigenvalue weighted by atomic mass is 16.5. The minimum Gasteiger partial charge on any atom is -0.462 e. The zero-order chi connectivity index (χ0) is 30.3. The van der Waals surface area contributed by atoms with Crippen LogP contribution >= 0.6 is 0 Å². The summed E-state index contributed by atoms with van der Waals surface area (Å²) in [6.45, 7) is 2.74. The smallest absolute Gasteiger partial charge is 0.338 e. The lowest BCUT2D eigenvalue weighted by Crippen LogP contribution is -2.37. The molecule has 1 aliphatic rings. The van der Waals surface area contributed by atoms with E-state index >= 15 is 0 Å². The van der Waals surface area contributed by atoms with Crippen LogP contribution in [0.15, 0.2) is 108 Å². The van der Waals surface area contributed by atoms with E-state index in [9.17, 15) is 14.4 Å². The summed E-state index contributed by atoms with van der Waals surface area (Å²) in [6, 6.07) is 32.0. The van der Waals surface area contributed by atoms with Gasteiger partial charge < -0.3 is 19.9 Å². The minimum absolute atomic E-state index is 0.0171. The second-order valence-corrected chi connectivity index (χ2v) is 10.5. The van der Waals surface area contributed by atoms with Crippen molar-refractivity contribution in [2.45, 2.75) is 19.4 Å². The summed E-state index contributed by atoms with van der Waals surface area (Å²) in [4.78, 5) is 47.5. The van der Waals surface area contributed by atoms with Gasteiger partial charge in [0.05, 0.1) is 36.7 Å². The molecule has 0 saturated heterocycles. The van der Waals surface area contributed by atoms with Crippen molar-refractivity contribution >= 4 is 40.6 Å². The quantitative estimate of drug-likeness (QED) is 0.191. The number of hydrogen-bond donors (Lipinski definition) is 1. The molecule has 43 heavy (non-hydrogen) atoms. The molecule has 1 N–H and O–H groups in total. The number of likely N-dealkylation sites (N-methyl/N-ethyl adjacent to an activating group) is 1. The van der Waals surface area contributed by atoms with E-state index < -0.39 is 11.9 Å². The third kappa shape index (κ3) is 6.88. The Morgan fingerprint density at radius 1 is 0.860 bits per heavy atom. The lowest BCUT2D eigenvalue weighted by Gasteiger charge is -2.25. The maximum absolute atomic E-state index is 13.4. The zero-order valence-electron chi connectivity index (χ0n) is 24.5. The summed E-state index contributed by atoms with van der Waals surface area (Å²) in [5.74, 6) is -1.36. The summed E-state index contributed by atoms with van der Waals surface area (Å²) in [5, 5.41) is 2.92. The number of rotatable bonds is 10. The highest BCUT2D eigenvalue weighted by Gasteiger charge is 2.36. The molecule has 1 atom stereocenters. The Bertz CT molecular complexity index is 1630. The number of ether oxygens (including phenoxy) is 1. The molecule has 4 aromatic rings. The first-order chi connectivity index (χ1) is 20.8. The molecule has 0 bridgehead atoms. The molecule has 1 heterocycles. The van der Waals surface area contributed by atoms with E-state index in [2.05, 4.69) is 5.32 Å². The van der Waals surface area contributed by atoms with Gasteiger partial charge in [0, 0.05) is 11.4 Å². The summed E-state index contributed by atoms with van der Waals surface area (Å²) in [7, 11) is 3.74. The molecule has 1 unspecified atom stereocenters. The normalized spacial score (nSPS) is 14.3. The molecule has 0 radical (unpaired) electrons. The Hall–Kier alpha value is -5.08. The molecule has 2 amide bonds. The first-order valence-corrected chi connectivity index (χ1v) is 14.2. The third-order valence-electron chi connectivity index (χ3n) is 7.09. The second-order valence-electron chi connectivity index (χ2n) is 10.5. The van der Waals surface area contributed by atoms with Gasteiger partial charge in [0.1, 0.15) is 5.92 Å². The Morgan fingerprint density at radius 2 is 1.53 bits per heavy atom. The third-order valence-corrected chi connectivity index (χ3v) is 7.09. The van der Waals surface area contributed by atoms with Gasteiger partial charge in [-0.05, 0) is 74.1 Å². The lowest BCUT2D eigenvalue weighted by molar-refractivity contribution is -0.119. The van der Waals surface area contributed by atoms with Crippen LogP contribution in [-0.4, -0.2) is 55.6 Å². The molecule has 218 valence electrons. The number of fused-ring (bicyclic) bond motifs is 1. The Balaban J connectivity index is 1.50. The molecule has 8 nitrogen and oxygen atoms in total. The average molecular weight is 575 g/mol. The molecule has 4 aromatic carbocycles. The van der Waals surface area contributed by atoms with Crippen molar-refractivity contribution in [1.29, 1.82) is 0 Å². The van der Waals surface area contributed by atoms with Crippen molar-refractivity contribution in [2.24, 2.45) is 4.99 Å². The highest BCUT2D eigenvalue weighted by Crippen LogP contribution is 2.37. The molecule has 8 heteroatoms. The van der Waals surface area contributed by atoms with Crippen molar-refractivity contribution in [2.75, 3.05) is 37.5 Å². The summed E-state index contributed by atoms with van der Waals surface area (Å²) in [5.41, 5.74) is 5.49. The Morgan fingerprint density at radius 3 is 2.19 bits per heavy atom. The summed E-state index contributed by atoms with van der Waals surface area (Å²) in [6.07, 6.45) is 0. The maximum atomic E-state index is 13.4. The van der Waals surface area contributed by atoms with Gasteiger partial charge in [0.25, 0.3) is 0 Å². The van der Waals surface area contributed by atoms with E-state index in [4.69, 9.17) is 9.73 Å². The van der Waals surface area contributed by atoms with Crippen molar-refractivity contribution in [3.05, 3.63) is 125 Å². The predicted molar refractivity (Wildman–Crippen MR) is 169 cm³/mol. The van der Waals surface area contributed by atoms with Gasteiger partial charge in [-0.25, -0.2) is 4.79 Å². The van der Waals surface area contributed by atoms with Crippen LogP contribution in [-0.2, 0) is 20.9 Å². The minimum atomic E-state index is -0.676. The number of esters is 1. The molecule has 0 aliphatic carbocycles. The molecule has 0 saturated carbocycles.